The van der Waals surface area contributed by atoms with Crippen molar-refractivity contribution in [2.24, 2.45) is 0 Å². The summed E-state index contributed by atoms with van der Waals surface area (Å²) in [5, 5.41) is 3.58. The molecule has 0 aliphatic rings. The van der Waals surface area contributed by atoms with Crippen molar-refractivity contribution >= 4 is 21.7 Å². The minimum atomic E-state index is 0.0985. The van der Waals surface area contributed by atoms with Crippen LogP contribution in [0.15, 0.2) is 48.5 Å². The molecule has 0 amide bonds. The molecule has 0 saturated heterocycles. The van der Waals surface area contributed by atoms with Crippen LogP contribution in [0.1, 0.15) is 43.3 Å². The molecule has 0 aliphatic carbocycles. The van der Waals surface area contributed by atoms with Crippen molar-refractivity contribution in [2.75, 3.05) is 0 Å². The molecule has 2 heteroatoms. The Morgan fingerprint density at radius 2 is 1.44 bits per heavy atom. The molecule has 4 rings (SSSR count). The van der Waals surface area contributed by atoms with Gasteiger partial charge in [0.2, 0.25) is 0 Å². The van der Waals surface area contributed by atoms with Crippen LogP contribution in [0.25, 0.3) is 32.9 Å². The Bertz CT molecular complexity index is 1180. The predicted octanol–water partition coefficient (Wildman–Crippen LogP) is 6.67. The summed E-state index contributed by atoms with van der Waals surface area (Å²) in [6.45, 7) is 13.1. The molecular weight excluding hydrogens is 328 g/mol. The van der Waals surface area contributed by atoms with Gasteiger partial charge in [0, 0.05) is 16.3 Å². The first-order valence-corrected chi connectivity index (χ1v) is 9.53. The second-order valence-electron chi connectivity index (χ2n) is 8.59. The highest BCUT2D eigenvalue weighted by molar-refractivity contribution is 6.10. The van der Waals surface area contributed by atoms with Gasteiger partial charge < -0.3 is 0 Å². The zero-order valence-electron chi connectivity index (χ0n) is 17.0. The van der Waals surface area contributed by atoms with E-state index in [2.05, 4.69) is 83.1 Å². The fraction of sp³-hybridized carbons (Fsp3) is 0.280. The first kappa shape index (κ1) is 17.7. The van der Waals surface area contributed by atoms with Crippen molar-refractivity contribution in [1.29, 1.82) is 0 Å². The van der Waals surface area contributed by atoms with E-state index in [4.69, 9.17) is 9.97 Å². The maximum atomic E-state index is 4.87. The maximum absolute atomic E-state index is 4.87. The molecule has 0 aliphatic heterocycles. The molecule has 0 bridgehead atoms. The highest BCUT2D eigenvalue weighted by Crippen LogP contribution is 2.35. The SMILES string of the molecule is Cc1cc(-c2nc(C)nc3c2cc(C)c2ccccc23)cc(C(C)(C)C)c1. The van der Waals surface area contributed by atoms with Crippen LogP contribution >= 0.6 is 0 Å². The largest absolute Gasteiger partial charge is 0.233 e. The second kappa shape index (κ2) is 6.16. The first-order valence-electron chi connectivity index (χ1n) is 9.53. The van der Waals surface area contributed by atoms with E-state index in [1.54, 1.807) is 0 Å². The first-order chi connectivity index (χ1) is 12.7. The Kier molecular flexibility index (Phi) is 4.03. The molecule has 1 aromatic heterocycles. The third-order valence-electron chi connectivity index (χ3n) is 5.24. The fourth-order valence-corrected chi connectivity index (χ4v) is 3.82. The fourth-order valence-electron chi connectivity index (χ4n) is 3.82. The van der Waals surface area contributed by atoms with E-state index >= 15 is 0 Å². The normalized spacial score (nSPS) is 12.1. The van der Waals surface area contributed by atoms with Crippen LogP contribution < -0.4 is 0 Å². The van der Waals surface area contributed by atoms with Crippen molar-refractivity contribution in [2.45, 2.75) is 47.0 Å². The predicted molar refractivity (Wildman–Crippen MR) is 115 cm³/mol. The average Bonchev–Trinajstić information content (AvgIpc) is 2.61. The number of aromatic nitrogens is 2. The lowest BCUT2D eigenvalue weighted by molar-refractivity contribution is 0.590. The summed E-state index contributed by atoms with van der Waals surface area (Å²) >= 11 is 0. The van der Waals surface area contributed by atoms with Crippen LogP contribution in [-0.2, 0) is 5.41 Å². The molecule has 136 valence electrons. The average molecular weight is 354 g/mol. The van der Waals surface area contributed by atoms with Gasteiger partial charge >= 0.3 is 0 Å². The Balaban J connectivity index is 2.11. The van der Waals surface area contributed by atoms with E-state index < -0.39 is 0 Å². The van der Waals surface area contributed by atoms with Gasteiger partial charge in [-0.2, -0.15) is 0 Å². The van der Waals surface area contributed by atoms with E-state index in [1.807, 2.05) is 6.92 Å². The third-order valence-corrected chi connectivity index (χ3v) is 5.24. The maximum Gasteiger partial charge on any atom is 0.126 e. The molecule has 3 aromatic carbocycles. The Morgan fingerprint density at radius 1 is 0.741 bits per heavy atom. The van der Waals surface area contributed by atoms with Gasteiger partial charge in [-0.1, -0.05) is 56.7 Å². The highest BCUT2D eigenvalue weighted by Gasteiger charge is 2.18. The number of aryl methyl sites for hydroxylation is 3. The van der Waals surface area contributed by atoms with Gasteiger partial charge in [0.25, 0.3) is 0 Å². The lowest BCUT2D eigenvalue weighted by Crippen LogP contribution is -2.11. The number of hydrogen-bond acceptors (Lipinski definition) is 2. The summed E-state index contributed by atoms with van der Waals surface area (Å²) in [4.78, 5) is 9.69. The van der Waals surface area contributed by atoms with Gasteiger partial charge in [-0.05, 0) is 60.9 Å². The van der Waals surface area contributed by atoms with Gasteiger partial charge in [-0.25, -0.2) is 9.97 Å². The third kappa shape index (κ3) is 3.10. The lowest BCUT2D eigenvalue weighted by atomic mass is 9.84. The molecule has 4 aromatic rings. The summed E-state index contributed by atoms with van der Waals surface area (Å²) in [7, 11) is 0. The van der Waals surface area contributed by atoms with Crippen molar-refractivity contribution in [3.05, 3.63) is 71.0 Å². The number of hydrogen-bond donors (Lipinski definition) is 0. The van der Waals surface area contributed by atoms with Crippen LogP contribution in [0.2, 0.25) is 0 Å². The van der Waals surface area contributed by atoms with E-state index in [1.165, 1.54) is 33.0 Å². The number of nitrogens with zero attached hydrogens (tertiary/aromatic N) is 2. The molecule has 0 fully saturated rings. The van der Waals surface area contributed by atoms with E-state index in [0.717, 1.165) is 22.4 Å². The quantitative estimate of drug-likeness (QED) is 0.357. The van der Waals surface area contributed by atoms with Crippen LogP contribution in [-0.4, -0.2) is 9.97 Å². The minimum Gasteiger partial charge on any atom is -0.233 e. The molecule has 0 spiro atoms. The van der Waals surface area contributed by atoms with Crippen molar-refractivity contribution in [3.8, 4) is 11.3 Å². The molecule has 2 nitrogen and oxygen atoms in total. The Morgan fingerprint density at radius 3 is 2.15 bits per heavy atom. The smallest absolute Gasteiger partial charge is 0.126 e. The van der Waals surface area contributed by atoms with Gasteiger partial charge in [0.05, 0.1) is 11.2 Å². The zero-order chi connectivity index (χ0) is 19.3. The van der Waals surface area contributed by atoms with Gasteiger partial charge in [0.15, 0.2) is 0 Å². The number of fused-ring (bicyclic) bond motifs is 3. The van der Waals surface area contributed by atoms with Crippen LogP contribution in [0, 0.1) is 20.8 Å². The minimum absolute atomic E-state index is 0.0985. The summed E-state index contributed by atoms with van der Waals surface area (Å²) in [5.41, 5.74) is 7.19. The number of benzene rings is 3. The topological polar surface area (TPSA) is 25.8 Å². The standard InChI is InChI=1S/C25H26N2/c1-15-11-18(14-19(12-15)25(4,5)6)23-22-13-16(2)20-9-7-8-10-21(20)24(22)27-17(3)26-23/h7-14H,1-6H3. The van der Waals surface area contributed by atoms with E-state index in [-0.39, 0.29) is 5.41 Å². The van der Waals surface area contributed by atoms with Gasteiger partial charge in [0.1, 0.15) is 5.82 Å². The molecule has 0 radical (unpaired) electrons. The Hall–Kier alpha value is -2.74. The van der Waals surface area contributed by atoms with Crippen LogP contribution in [0.3, 0.4) is 0 Å². The molecule has 0 saturated carbocycles. The van der Waals surface area contributed by atoms with Crippen molar-refractivity contribution in [3.63, 3.8) is 0 Å². The van der Waals surface area contributed by atoms with Crippen LogP contribution in [0.4, 0.5) is 0 Å². The summed E-state index contributed by atoms with van der Waals surface area (Å²) in [6.07, 6.45) is 0. The van der Waals surface area contributed by atoms with E-state index in [0.29, 0.717) is 0 Å². The highest BCUT2D eigenvalue weighted by atomic mass is 14.9. The molecular formula is C25H26N2. The lowest BCUT2D eigenvalue weighted by Gasteiger charge is -2.21. The molecule has 1 heterocycles. The Labute approximate surface area is 161 Å². The van der Waals surface area contributed by atoms with E-state index in [9.17, 15) is 0 Å². The second-order valence-corrected chi connectivity index (χ2v) is 8.59. The molecule has 0 atom stereocenters. The molecule has 0 unspecified atom stereocenters. The summed E-state index contributed by atoms with van der Waals surface area (Å²) in [5.74, 6) is 0.810. The molecule has 0 N–H and O–H groups in total. The summed E-state index contributed by atoms with van der Waals surface area (Å²) in [6, 6.07) is 17.6. The monoisotopic (exact) mass is 354 g/mol. The molecule has 27 heavy (non-hydrogen) atoms. The van der Waals surface area contributed by atoms with Crippen molar-refractivity contribution < 1.29 is 0 Å². The van der Waals surface area contributed by atoms with Crippen molar-refractivity contribution in [1.82, 2.24) is 9.97 Å². The van der Waals surface area contributed by atoms with Gasteiger partial charge in [-0.15, -0.1) is 0 Å². The number of rotatable bonds is 1. The zero-order valence-corrected chi connectivity index (χ0v) is 17.0. The van der Waals surface area contributed by atoms with Crippen LogP contribution in [0.5, 0.6) is 0 Å². The summed E-state index contributed by atoms with van der Waals surface area (Å²) < 4.78 is 0. The van der Waals surface area contributed by atoms with Gasteiger partial charge in [-0.3, -0.25) is 0 Å².